The van der Waals surface area contributed by atoms with E-state index in [0.717, 1.165) is 25.7 Å². The molecular weight excluding hydrogens is 262 g/mol. The fourth-order valence-electron chi connectivity index (χ4n) is 3.53. The van der Waals surface area contributed by atoms with Crippen molar-refractivity contribution in [3.05, 3.63) is 0 Å². The molecule has 4 nitrogen and oxygen atoms in total. The summed E-state index contributed by atoms with van der Waals surface area (Å²) in [5.74, 6) is -0.118. The van der Waals surface area contributed by atoms with Crippen molar-refractivity contribution in [2.24, 2.45) is 11.8 Å². The molecule has 4 atom stereocenters. The van der Waals surface area contributed by atoms with Gasteiger partial charge in [0.1, 0.15) is 6.04 Å². The minimum atomic E-state index is -0.858. The Hall–Kier alpha value is -0.710. The Morgan fingerprint density at radius 3 is 2.58 bits per heavy atom. The summed E-state index contributed by atoms with van der Waals surface area (Å²) in [7, 11) is 0. The molecule has 2 rings (SSSR count). The molecule has 0 spiro atoms. The first-order chi connectivity index (χ1) is 9.06. The van der Waals surface area contributed by atoms with Crippen LogP contribution in [0.5, 0.6) is 0 Å². The number of hydrogen-bond donors (Lipinski definition) is 2. The highest BCUT2D eigenvalue weighted by Gasteiger charge is 2.44. The molecule has 1 saturated heterocycles. The number of carboxylic acid groups (broad SMARTS) is 1. The van der Waals surface area contributed by atoms with Crippen LogP contribution in [0.2, 0.25) is 0 Å². The molecule has 2 fully saturated rings. The number of fused-ring (bicyclic) bond motifs is 1. The SMILES string of the molecule is C[C@H](CS)C(=O)N1C(C(=O)O)CCC2CCCCC21. The molecule has 2 aliphatic rings. The van der Waals surface area contributed by atoms with Crippen molar-refractivity contribution in [1.82, 2.24) is 4.90 Å². The first kappa shape index (κ1) is 14.7. The predicted octanol–water partition coefficient (Wildman–Crippen LogP) is 2.19. The van der Waals surface area contributed by atoms with Gasteiger partial charge in [-0.15, -0.1) is 0 Å². The number of piperidine rings is 1. The van der Waals surface area contributed by atoms with E-state index in [4.69, 9.17) is 0 Å². The molecule has 1 saturated carbocycles. The number of aliphatic carboxylic acids is 1. The maximum absolute atomic E-state index is 12.5. The van der Waals surface area contributed by atoms with Gasteiger partial charge in [-0.05, 0) is 31.6 Å². The van der Waals surface area contributed by atoms with Crippen LogP contribution in [0.3, 0.4) is 0 Å². The monoisotopic (exact) mass is 285 g/mol. The Balaban J connectivity index is 2.23. The Labute approximate surface area is 120 Å². The molecule has 1 heterocycles. The molecule has 5 heteroatoms. The van der Waals surface area contributed by atoms with Crippen LogP contribution < -0.4 is 0 Å². The van der Waals surface area contributed by atoms with Crippen LogP contribution in [0, 0.1) is 11.8 Å². The van der Waals surface area contributed by atoms with Crippen LogP contribution in [-0.2, 0) is 9.59 Å². The van der Waals surface area contributed by atoms with Gasteiger partial charge in [-0.3, -0.25) is 4.79 Å². The summed E-state index contributed by atoms with van der Waals surface area (Å²) >= 11 is 4.18. The molecule has 1 N–H and O–H groups in total. The highest BCUT2D eigenvalue weighted by Crippen LogP contribution is 2.38. The summed E-state index contributed by atoms with van der Waals surface area (Å²) in [6.45, 7) is 1.83. The first-order valence-corrected chi connectivity index (χ1v) is 7.85. The predicted molar refractivity (Wildman–Crippen MR) is 76.3 cm³/mol. The third kappa shape index (κ3) is 2.91. The third-order valence-corrected chi connectivity index (χ3v) is 5.16. The van der Waals surface area contributed by atoms with Gasteiger partial charge in [0.15, 0.2) is 0 Å². The zero-order valence-electron chi connectivity index (χ0n) is 11.4. The second kappa shape index (κ2) is 6.16. The van der Waals surface area contributed by atoms with Crippen LogP contribution >= 0.6 is 12.6 Å². The van der Waals surface area contributed by atoms with Crippen molar-refractivity contribution < 1.29 is 14.7 Å². The number of carbonyl (C=O) groups excluding carboxylic acids is 1. The number of nitrogens with zero attached hydrogens (tertiary/aromatic N) is 1. The molecule has 1 aliphatic carbocycles. The largest absolute Gasteiger partial charge is 0.480 e. The van der Waals surface area contributed by atoms with Crippen LogP contribution in [0.25, 0.3) is 0 Å². The van der Waals surface area contributed by atoms with Crippen molar-refractivity contribution in [3.8, 4) is 0 Å². The average Bonchev–Trinajstić information content (AvgIpc) is 2.44. The summed E-state index contributed by atoms with van der Waals surface area (Å²) in [4.78, 5) is 25.6. The number of thiol groups is 1. The molecule has 3 unspecified atom stereocenters. The van der Waals surface area contributed by atoms with E-state index in [1.165, 1.54) is 6.42 Å². The Morgan fingerprint density at radius 2 is 1.95 bits per heavy atom. The summed E-state index contributed by atoms with van der Waals surface area (Å²) < 4.78 is 0. The van der Waals surface area contributed by atoms with E-state index in [-0.39, 0.29) is 17.9 Å². The Morgan fingerprint density at radius 1 is 1.26 bits per heavy atom. The molecule has 108 valence electrons. The molecule has 0 aromatic rings. The lowest BCUT2D eigenvalue weighted by Crippen LogP contribution is -2.58. The van der Waals surface area contributed by atoms with Gasteiger partial charge in [0.05, 0.1) is 0 Å². The molecule has 0 aromatic carbocycles. The fraction of sp³-hybridized carbons (Fsp3) is 0.857. The van der Waals surface area contributed by atoms with Gasteiger partial charge in [-0.25, -0.2) is 4.79 Å². The van der Waals surface area contributed by atoms with Crippen LogP contribution in [0.1, 0.15) is 45.4 Å². The van der Waals surface area contributed by atoms with Gasteiger partial charge >= 0.3 is 5.97 Å². The highest BCUT2D eigenvalue weighted by molar-refractivity contribution is 7.80. The van der Waals surface area contributed by atoms with E-state index in [2.05, 4.69) is 12.6 Å². The molecule has 19 heavy (non-hydrogen) atoms. The standard InChI is InChI=1S/C14H23NO3S/c1-9(8-19)13(16)15-11-5-3-2-4-10(11)6-7-12(15)14(17)18/h9-12,19H,2-8H2,1H3,(H,17,18)/t9-,10?,11?,12?/m1/s1. The third-order valence-electron chi connectivity index (χ3n) is 4.61. The van der Waals surface area contributed by atoms with Gasteiger partial charge in [-0.1, -0.05) is 19.8 Å². The molecule has 0 aromatic heterocycles. The van der Waals surface area contributed by atoms with Gasteiger partial charge in [0.25, 0.3) is 0 Å². The minimum absolute atomic E-state index is 0.0287. The second-order valence-corrected chi connectivity index (χ2v) is 6.24. The van der Waals surface area contributed by atoms with E-state index >= 15 is 0 Å². The summed E-state index contributed by atoms with van der Waals surface area (Å²) in [5.41, 5.74) is 0. The summed E-state index contributed by atoms with van der Waals surface area (Å²) in [6.07, 6.45) is 5.95. The first-order valence-electron chi connectivity index (χ1n) is 7.22. The van der Waals surface area contributed by atoms with Crippen molar-refractivity contribution in [2.45, 2.75) is 57.5 Å². The maximum Gasteiger partial charge on any atom is 0.326 e. The Kier molecular flexibility index (Phi) is 4.76. The fourth-order valence-corrected chi connectivity index (χ4v) is 3.68. The zero-order chi connectivity index (χ0) is 14.0. The van der Waals surface area contributed by atoms with Gasteiger partial charge in [0.2, 0.25) is 5.91 Å². The van der Waals surface area contributed by atoms with Crippen LogP contribution in [0.15, 0.2) is 0 Å². The molecule has 0 radical (unpaired) electrons. The van der Waals surface area contributed by atoms with E-state index in [1.807, 2.05) is 6.92 Å². The van der Waals surface area contributed by atoms with Gasteiger partial charge < -0.3 is 10.0 Å². The second-order valence-electron chi connectivity index (χ2n) is 5.87. The molecule has 1 amide bonds. The lowest BCUT2D eigenvalue weighted by Gasteiger charge is -2.47. The maximum atomic E-state index is 12.5. The lowest BCUT2D eigenvalue weighted by molar-refractivity contribution is -0.159. The zero-order valence-corrected chi connectivity index (χ0v) is 12.3. The van der Waals surface area contributed by atoms with Crippen LogP contribution in [0.4, 0.5) is 0 Å². The number of amides is 1. The number of hydrogen-bond acceptors (Lipinski definition) is 3. The normalized spacial score (nSPS) is 32.5. The molecule has 1 aliphatic heterocycles. The van der Waals surface area contributed by atoms with E-state index in [1.54, 1.807) is 4.90 Å². The number of carboxylic acids is 1. The number of carbonyl (C=O) groups is 2. The van der Waals surface area contributed by atoms with E-state index in [9.17, 15) is 14.7 Å². The van der Waals surface area contributed by atoms with Gasteiger partial charge in [0, 0.05) is 17.7 Å². The van der Waals surface area contributed by atoms with Gasteiger partial charge in [-0.2, -0.15) is 12.6 Å². The van der Waals surface area contributed by atoms with Crippen molar-refractivity contribution in [3.63, 3.8) is 0 Å². The summed E-state index contributed by atoms with van der Waals surface area (Å²) in [5, 5.41) is 9.39. The van der Waals surface area contributed by atoms with Crippen molar-refractivity contribution in [2.75, 3.05) is 5.75 Å². The molecule has 0 bridgehead atoms. The highest BCUT2D eigenvalue weighted by atomic mass is 32.1. The Bertz CT molecular complexity index is 361. The quantitative estimate of drug-likeness (QED) is 0.782. The summed E-state index contributed by atoms with van der Waals surface area (Å²) in [6, 6.07) is -0.493. The lowest BCUT2D eigenvalue weighted by atomic mass is 9.76. The minimum Gasteiger partial charge on any atom is -0.480 e. The van der Waals surface area contributed by atoms with Crippen molar-refractivity contribution >= 4 is 24.5 Å². The molecular formula is C14H23NO3S. The average molecular weight is 285 g/mol. The topological polar surface area (TPSA) is 57.6 Å². The number of likely N-dealkylation sites (tertiary alicyclic amines) is 1. The van der Waals surface area contributed by atoms with E-state index < -0.39 is 12.0 Å². The number of rotatable bonds is 3. The van der Waals surface area contributed by atoms with Crippen molar-refractivity contribution in [1.29, 1.82) is 0 Å². The smallest absolute Gasteiger partial charge is 0.326 e. The van der Waals surface area contributed by atoms with E-state index in [0.29, 0.717) is 18.1 Å². The van der Waals surface area contributed by atoms with Crippen LogP contribution in [-0.4, -0.2) is 39.7 Å².